The van der Waals surface area contributed by atoms with E-state index < -0.39 is 11.6 Å². The van der Waals surface area contributed by atoms with Crippen molar-refractivity contribution in [3.63, 3.8) is 0 Å². The van der Waals surface area contributed by atoms with Gasteiger partial charge >= 0.3 is 0 Å². The molecule has 4 aromatic rings. The van der Waals surface area contributed by atoms with Crippen LogP contribution in [0.15, 0.2) is 24.5 Å². The fourth-order valence-electron chi connectivity index (χ4n) is 3.14. The van der Waals surface area contributed by atoms with E-state index in [2.05, 4.69) is 25.6 Å². The summed E-state index contributed by atoms with van der Waals surface area (Å²) in [6, 6.07) is 4.16. The second-order valence-electron chi connectivity index (χ2n) is 6.40. The molecule has 31 heavy (non-hydrogen) atoms. The number of rotatable bonds is 6. The third-order valence-corrected chi connectivity index (χ3v) is 5.90. The Morgan fingerprint density at radius 1 is 1.19 bits per heavy atom. The number of alkyl halides is 1. The molecule has 12 heteroatoms. The van der Waals surface area contributed by atoms with Crippen molar-refractivity contribution >= 4 is 72.5 Å². The molecule has 0 saturated carbocycles. The predicted molar refractivity (Wildman–Crippen MR) is 120 cm³/mol. The van der Waals surface area contributed by atoms with Gasteiger partial charge in [-0.1, -0.05) is 22.9 Å². The zero-order valence-electron chi connectivity index (χ0n) is 15.7. The number of halogens is 4. The van der Waals surface area contributed by atoms with Crippen LogP contribution >= 0.6 is 34.5 Å². The Hall–Kier alpha value is -2.82. The highest BCUT2D eigenvalue weighted by Crippen LogP contribution is 2.41. The fourth-order valence-corrected chi connectivity index (χ4v) is 4.29. The maximum atomic E-state index is 15.5. The van der Waals surface area contributed by atoms with E-state index in [1.165, 1.54) is 24.5 Å². The summed E-state index contributed by atoms with van der Waals surface area (Å²) in [4.78, 5) is 23.5. The summed E-state index contributed by atoms with van der Waals surface area (Å²) in [6.45, 7) is 0.622. The number of thiazole rings is 1. The third-order valence-electron chi connectivity index (χ3n) is 4.46. The van der Waals surface area contributed by atoms with Crippen LogP contribution in [0.5, 0.6) is 0 Å². The van der Waals surface area contributed by atoms with Gasteiger partial charge in [0.25, 0.3) is 0 Å². The molecule has 0 aliphatic heterocycles. The number of carbonyl (C=O) groups is 1. The summed E-state index contributed by atoms with van der Waals surface area (Å²) in [7, 11) is 0. The molecule has 2 heterocycles. The number of amides is 1. The number of aromatic nitrogens is 3. The average molecular weight is 483 g/mol. The SMILES string of the molecule is Nc1nc2c(-c3c(Cl)cc4c(NCCNC(=O)CCl)ncnc4c3F)ccc(F)c2s1. The third kappa shape index (κ3) is 4.06. The molecule has 0 atom stereocenters. The van der Waals surface area contributed by atoms with Crippen molar-refractivity contribution in [1.82, 2.24) is 20.3 Å². The van der Waals surface area contributed by atoms with E-state index in [1.807, 2.05) is 0 Å². The molecule has 0 bridgehead atoms. The van der Waals surface area contributed by atoms with Gasteiger partial charge in [-0.05, 0) is 18.2 Å². The van der Waals surface area contributed by atoms with Gasteiger partial charge in [0, 0.05) is 29.6 Å². The number of nitrogens with zero attached hydrogens (tertiary/aromatic N) is 3. The fraction of sp³-hybridized carbons (Fsp3) is 0.158. The smallest absolute Gasteiger partial charge is 0.234 e. The Morgan fingerprint density at radius 2 is 2.00 bits per heavy atom. The summed E-state index contributed by atoms with van der Waals surface area (Å²) in [5.74, 6) is -1.28. The number of hydrogen-bond acceptors (Lipinski definition) is 7. The summed E-state index contributed by atoms with van der Waals surface area (Å²) in [5, 5.41) is 6.21. The van der Waals surface area contributed by atoms with E-state index in [4.69, 9.17) is 28.9 Å². The molecule has 0 spiro atoms. The minimum absolute atomic E-state index is 0.0300. The minimum Gasteiger partial charge on any atom is -0.375 e. The molecule has 4 N–H and O–H groups in total. The molecule has 2 aromatic carbocycles. The Balaban J connectivity index is 1.77. The molecular weight excluding hydrogens is 469 g/mol. The average Bonchev–Trinajstić information content (AvgIpc) is 3.15. The molecule has 0 radical (unpaired) electrons. The second kappa shape index (κ2) is 8.74. The standard InChI is InChI=1S/C19H14Cl2F2N6OS/c20-6-12(30)25-3-4-26-18-9-5-10(21)13(14(23)15(9)27-7-28-18)8-1-2-11(22)17-16(8)29-19(24)31-17/h1-2,5,7H,3-4,6H2,(H2,24,29)(H,25,30)(H,26,27,28). The molecule has 2 aromatic heterocycles. The van der Waals surface area contributed by atoms with Crippen LogP contribution in [0.25, 0.3) is 32.2 Å². The highest BCUT2D eigenvalue weighted by Gasteiger charge is 2.22. The Labute approximate surface area is 188 Å². The highest BCUT2D eigenvalue weighted by atomic mass is 35.5. The Bertz CT molecular complexity index is 1320. The number of nitrogens with two attached hydrogens (primary N) is 1. The largest absolute Gasteiger partial charge is 0.375 e. The molecule has 7 nitrogen and oxygen atoms in total. The summed E-state index contributed by atoms with van der Waals surface area (Å²) in [6.07, 6.45) is 1.21. The van der Waals surface area contributed by atoms with Crippen LogP contribution in [0.3, 0.4) is 0 Å². The van der Waals surface area contributed by atoms with Crippen LogP contribution in [-0.2, 0) is 4.79 Å². The Kier molecular flexibility index (Phi) is 6.03. The lowest BCUT2D eigenvalue weighted by Crippen LogP contribution is -2.29. The molecule has 0 fully saturated rings. The molecule has 4 rings (SSSR count). The van der Waals surface area contributed by atoms with E-state index in [9.17, 15) is 9.18 Å². The molecule has 0 unspecified atom stereocenters. The van der Waals surface area contributed by atoms with Gasteiger partial charge in [0.05, 0.1) is 15.2 Å². The molecular formula is C19H14Cl2F2N6OS. The van der Waals surface area contributed by atoms with Crippen LogP contribution in [0.2, 0.25) is 5.02 Å². The lowest BCUT2D eigenvalue weighted by atomic mass is 10.0. The normalized spacial score (nSPS) is 11.2. The Morgan fingerprint density at radius 3 is 2.77 bits per heavy atom. The highest BCUT2D eigenvalue weighted by molar-refractivity contribution is 7.22. The molecule has 0 saturated heterocycles. The molecule has 160 valence electrons. The van der Waals surface area contributed by atoms with Crippen molar-refractivity contribution in [3.8, 4) is 11.1 Å². The number of carbonyl (C=O) groups excluding carboxylic acids is 1. The van der Waals surface area contributed by atoms with Crippen molar-refractivity contribution in [2.75, 3.05) is 30.0 Å². The van der Waals surface area contributed by atoms with E-state index in [0.717, 1.165) is 11.3 Å². The van der Waals surface area contributed by atoms with Crippen LogP contribution in [0, 0.1) is 11.6 Å². The van der Waals surface area contributed by atoms with E-state index in [1.54, 1.807) is 0 Å². The number of hydrogen-bond donors (Lipinski definition) is 3. The lowest BCUT2D eigenvalue weighted by molar-refractivity contribution is -0.118. The van der Waals surface area contributed by atoms with Crippen molar-refractivity contribution in [1.29, 1.82) is 0 Å². The van der Waals surface area contributed by atoms with Crippen LogP contribution in [0.4, 0.5) is 19.7 Å². The number of nitrogens with one attached hydrogen (secondary N) is 2. The topological polar surface area (TPSA) is 106 Å². The zero-order chi connectivity index (χ0) is 22.1. The number of anilines is 2. The monoisotopic (exact) mass is 482 g/mol. The number of fused-ring (bicyclic) bond motifs is 2. The minimum atomic E-state index is -0.692. The first-order valence-electron chi connectivity index (χ1n) is 8.94. The second-order valence-corrected chi connectivity index (χ2v) is 8.11. The molecule has 0 aliphatic carbocycles. The van der Waals surface area contributed by atoms with Gasteiger partial charge in [0.2, 0.25) is 5.91 Å². The summed E-state index contributed by atoms with van der Waals surface area (Å²) < 4.78 is 29.9. The summed E-state index contributed by atoms with van der Waals surface area (Å²) in [5.41, 5.74) is 6.34. The van der Waals surface area contributed by atoms with Gasteiger partial charge in [-0.25, -0.2) is 23.7 Å². The maximum Gasteiger partial charge on any atom is 0.234 e. The maximum absolute atomic E-state index is 15.5. The van der Waals surface area contributed by atoms with Gasteiger partial charge in [0.15, 0.2) is 10.9 Å². The van der Waals surface area contributed by atoms with E-state index in [0.29, 0.717) is 29.9 Å². The van der Waals surface area contributed by atoms with Crippen LogP contribution < -0.4 is 16.4 Å². The van der Waals surface area contributed by atoms with Gasteiger partial charge in [-0.2, -0.15) is 0 Å². The van der Waals surface area contributed by atoms with Crippen molar-refractivity contribution in [3.05, 3.63) is 41.2 Å². The van der Waals surface area contributed by atoms with E-state index in [-0.39, 0.29) is 43.2 Å². The molecule has 0 aliphatic rings. The van der Waals surface area contributed by atoms with Crippen LogP contribution in [0.1, 0.15) is 0 Å². The first-order chi connectivity index (χ1) is 14.9. The summed E-state index contributed by atoms with van der Waals surface area (Å²) >= 11 is 12.8. The van der Waals surface area contributed by atoms with Gasteiger partial charge in [0.1, 0.15) is 29.4 Å². The zero-order valence-corrected chi connectivity index (χ0v) is 18.0. The molecule has 1 amide bonds. The van der Waals surface area contributed by atoms with Crippen molar-refractivity contribution < 1.29 is 13.6 Å². The lowest BCUT2D eigenvalue weighted by Gasteiger charge is -2.13. The van der Waals surface area contributed by atoms with Gasteiger partial charge < -0.3 is 16.4 Å². The first kappa shape index (κ1) is 21.4. The predicted octanol–water partition coefficient (Wildman–Crippen LogP) is 4.19. The van der Waals surface area contributed by atoms with Gasteiger partial charge in [-0.3, -0.25) is 4.79 Å². The number of benzene rings is 2. The van der Waals surface area contributed by atoms with E-state index >= 15 is 4.39 Å². The van der Waals surface area contributed by atoms with Crippen molar-refractivity contribution in [2.45, 2.75) is 0 Å². The van der Waals surface area contributed by atoms with Crippen molar-refractivity contribution in [2.24, 2.45) is 0 Å². The van der Waals surface area contributed by atoms with Gasteiger partial charge in [-0.15, -0.1) is 11.6 Å². The number of nitrogen functional groups attached to an aromatic ring is 1. The quantitative estimate of drug-likeness (QED) is 0.281. The first-order valence-corrected chi connectivity index (χ1v) is 10.7. The van der Waals surface area contributed by atoms with Crippen LogP contribution in [-0.4, -0.2) is 39.8 Å².